The van der Waals surface area contributed by atoms with Crippen LogP contribution in [-0.4, -0.2) is 19.5 Å². The molecule has 0 heterocycles. The molecule has 0 radical (unpaired) electrons. The molecular formula is C11H14O3. The highest BCUT2D eigenvalue weighted by molar-refractivity contribution is 5.99. The molecule has 0 spiro atoms. The molecule has 0 aromatic heterocycles. The number of carbonyl (C=O) groups excluding carboxylic acids is 1. The topological polar surface area (TPSA) is 35.5 Å². The lowest BCUT2D eigenvalue weighted by atomic mass is 10.1. The summed E-state index contributed by atoms with van der Waals surface area (Å²) in [6.07, 6.45) is 0. The van der Waals surface area contributed by atoms with Crippen LogP contribution in [0.1, 0.15) is 24.2 Å². The van der Waals surface area contributed by atoms with Crippen LogP contribution in [0.4, 0.5) is 0 Å². The van der Waals surface area contributed by atoms with E-state index < -0.39 is 0 Å². The molecule has 0 saturated heterocycles. The summed E-state index contributed by atoms with van der Waals surface area (Å²) in [6.45, 7) is 3.91. The van der Waals surface area contributed by atoms with E-state index in [0.29, 0.717) is 23.7 Å². The first-order chi connectivity index (χ1) is 6.70. The Morgan fingerprint density at radius 2 is 2.00 bits per heavy atom. The lowest BCUT2D eigenvalue weighted by Crippen LogP contribution is -2.03. The van der Waals surface area contributed by atoms with Gasteiger partial charge in [0.05, 0.1) is 13.7 Å². The molecule has 0 saturated carbocycles. The van der Waals surface area contributed by atoms with E-state index in [2.05, 4.69) is 0 Å². The number of ketones is 1. The van der Waals surface area contributed by atoms with Crippen molar-refractivity contribution in [2.75, 3.05) is 13.7 Å². The molecule has 0 atom stereocenters. The molecule has 1 aromatic rings. The molecule has 1 aromatic carbocycles. The Bertz CT molecular complexity index is 331. The van der Waals surface area contributed by atoms with Crippen LogP contribution in [0.5, 0.6) is 11.5 Å². The third kappa shape index (κ3) is 2.05. The first-order valence-corrected chi connectivity index (χ1v) is 4.51. The predicted molar refractivity (Wildman–Crippen MR) is 54.2 cm³/mol. The molecule has 0 amide bonds. The lowest BCUT2D eigenvalue weighted by molar-refractivity contribution is 0.101. The molecule has 0 aliphatic heterocycles. The van der Waals surface area contributed by atoms with Crippen molar-refractivity contribution in [3.8, 4) is 11.5 Å². The van der Waals surface area contributed by atoms with Gasteiger partial charge in [-0.15, -0.1) is 0 Å². The van der Waals surface area contributed by atoms with Crippen LogP contribution in [0.2, 0.25) is 0 Å². The van der Waals surface area contributed by atoms with Crippen LogP contribution < -0.4 is 9.47 Å². The third-order valence-electron chi connectivity index (χ3n) is 1.86. The Hall–Kier alpha value is -1.51. The van der Waals surface area contributed by atoms with E-state index in [4.69, 9.17) is 9.47 Å². The van der Waals surface area contributed by atoms with Crippen molar-refractivity contribution in [1.82, 2.24) is 0 Å². The van der Waals surface area contributed by atoms with Gasteiger partial charge in [0, 0.05) is 0 Å². The summed E-state index contributed by atoms with van der Waals surface area (Å²) < 4.78 is 10.4. The highest BCUT2D eigenvalue weighted by atomic mass is 16.5. The molecule has 0 aliphatic carbocycles. The minimum absolute atomic E-state index is 0.0501. The Labute approximate surface area is 83.6 Å². The zero-order valence-corrected chi connectivity index (χ0v) is 8.66. The number of benzene rings is 1. The first kappa shape index (κ1) is 10.6. The highest BCUT2D eigenvalue weighted by Crippen LogP contribution is 2.28. The second-order valence-corrected chi connectivity index (χ2v) is 2.82. The average molecular weight is 194 g/mol. The van der Waals surface area contributed by atoms with Gasteiger partial charge in [0.25, 0.3) is 0 Å². The van der Waals surface area contributed by atoms with Crippen molar-refractivity contribution in [2.24, 2.45) is 0 Å². The van der Waals surface area contributed by atoms with Crippen LogP contribution in [0, 0.1) is 0 Å². The van der Waals surface area contributed by atoms with Crippen molar-refractivity contribution in [3.05, 3.63) is 23.8 Å². The first-order valence-electron chi connectivity index (χ1n) is 4.51. The summed E-state index contributed by atoms with van der Waals surface area (Å²) in [6, 6.07) is 5.32. The Morgan fingerprint density at radius 1 is 1.36 bits per heavy atom. The summed E-state index contributed by atoms with van der Waals surface area (Å²) in [7, 11) is 1.54. The van der Waals surface area contributed by atoms with Gasteiger partial charge in [-0.3, -0.25) is 4.79 Å². The summed E-state index contributed by atoms with van der Waals surface area (Å²) in [5, 5.41) is 0. The number of methoxy groups -OCH3 is 1. The quantitative estimate of drug-likeness (QED) is 0.690. The molecule has 1 rings (SSSR count). The SMILES string of the molecule is CCOc1cccc(OC)c1C(C)=O. The van der Waals surface area contributed by atoms with Crippen LogP contribution in [0.25, 0.3) is 0 Å². The average Bonchev–Trinajstić information content (AvgIpc) is 2.17. The smallest absolute Gasteiger partial charge is 0.167 e. The maximum absolute atomic E-state index is 11.4. The van der Waals surface area contributed by atoms with Crippen molar-refractivity contribution in [3.63, 3.8) is 0 Å². The van der Waals surface area contributed by atoms with Gasteiger partial charge in [-0.25, -0.2) is 0 Å². The largest absolute Gasteiger partial charge is 0.496 e. The summed E-state index contributed by atoms with van der Waals surface area (Å²) in [4.78, 5) is 11.4. The fourth-order valence-corrected chi connectivity index (χ4v) is 1.30. The fourth-order valence-electron chi connectivity index (χ4n) is 1.30. The van der Waals surface area contributed by atoms with Gasteiger partial charge < -0.3 is 9.47 Å². The number of Topliss-reactive ketones (excluding diaryl/α,β-unsaturated/α-hetero) is 1. The minimum atomic E-state index is -0.0501. The minimum Gasteiger partial charge on any atom is -0.496 e. The molecule has 14 heavy (non-hydrogen) atoms. The fraction of sp³-hybridized carbons (Fsp3) is 0.364. The Kier molecular flexibility index (Phi) is 3.51. The molecule has 0 unspecified atom stereocenters. The van der Waals surface area contributed by atoms with Gasteiger partial charge in [-0.1, -0.05) is 6.07 Å². The molecule has 76 valence electrons. The normalized spacial score (nSPS) is 9.64. The van der Waals surface area contributed by atoms with Crippen LogP contribution in [0.3, 0.4) is 0 Å². The highest BCUT2D eigenvalue weighted by Gasteiger charge is 2.13. The van der Waals surface area contributed by atoms with E-state index in [1.165, 1.54) is 14.0 Å². The van der Waals surface area contributed by atoms with Crippen LogP contribution in [0.15, 0.2) is 18.2 Å². The maximum Gasteiger partial charge on any atom is 0.167 e. The van der Waals surface area contributed by atoms with Crippen LogP contribution >= 0.6 is 0 Å². The summed E-state index contributed by atoms with van der Waals surface area (Å²) in [5.41, 5.74) is 0.511. The zero-order valence-electron chi connectivity index (χ0n) is 8.66. The number of carbonyl (C=O) groups is 1. The molecule has 3 heteroatoms. The van der Waals surface area contributed by atoms with Gasteiger partial charge in [0.1, 0.15) is 17.1 Å². The van der Waals surface area contributed by atoms with E-state index in [0.717, 1.165) is 0 Å². The summed E-state index contributed by atoms with van der Waals surface area (Å²) in [5.74, 6) is 1.09. The number of ether oxygens (including phenoxy) is 2. The van der Waals surface area contributed by atoms with E-state index in [1.54, 1.807) is 18.2 Å². The third-order valence-corrected chi connectivity index (χ3v) is 1.86. The molecule has 0 aliphatic rings. The van der Waals surface area contributed by atoms with Gasteiger partial charge in [0.2, 0.25) is 0 Å². The van der Waals surface area contributed by atoms with Crippen LogP contribution in [-0.2, 0) is 0 Å². The van der Waals surface area contributed by atoms with Crippen molar-refractivity contribution in [2.45, 2.75) is 13.8 Å². The number of hydrogen-bond acceptors (Lipinski definition) is 3. The maximum atomic E-state index is 11.4. The Balaban J connectivity index is 3.20. The second-order valence-electron chi connectivity index (χ2n) is 2.82. The Morgan fingerprint density at radius 3 is 2.50 bits per heavy atom. The number of hydrogen-bond donors (Lipinski definition) is 0. The van der Waals surface area contributed by atoms with E-state index >= 15 is 0 Å². The van der Waals surface area contributed by atoms with Gasteiger partial charge in [0.15, 0.2) is 5.78 Å². The monoisotopic (exact) mass is 194 g/mol. The van der Waals surface area contributed by atoms with Gasteiger partial charge >= 0.3 is 0 Å². The molecule has 3 nitrogen and oxygen atoms in total. The molecule has 0 bridgehead atoms. The standard InChI is InChI=1S/C11H14O3/c1-4-14-10-7-5-6-9(13-3)11(10)8(2)12/h5-7H,4H2,1-3H3. The van der Waals surface area contributed by atoms with Gasteiger partial charge in [-0.05, 0) is 26.0 Å². The van der Waals surface area contributed by atoms with E-state index in [9.17, 15) is 4.79 Å². The van der Waals surface area contributed by atoms with Crippen molar-refractivity contribution in [1.29, 1.82) is 0 Å². The van der Waals surface area contributed by atoms with E-state index in [-0.39, 0.29) is 5.78 Å². The zero-order chi connectivity index (χ0) is 10.6. The summed E-state index contributed by atoms with van der Waals surface area (Å²) >= 11 is 0. The van der Waals surface area contributed by atoms with Crippen molar-refractivity contribution >= 4 is 5.78 Å². The molecule has 0 N–H and O–H groups in total. The van der Waals surface area contributed by atoms with Crippen molar-refractivity contribution < 1.29 is 14.3 Å². The van der Waals surface area contributed by atoms with Gasteiger partial charge in [-0.2, -0.15) is 0 Å². The second kappa shape index (κ2) is 4.65. The molecule has 0 fully saturated rings. The predicted octanol–water partition coefficient (Wildman–Crippen LogP) is 2.30. The van der Waals surface area contributed by atoms with E-state index in [1.807, 2.05) is 6.92 Å². The number of rotatable bonds is 4. The lowest BCUT2D eigenvalue weighted by Gasteiger charge is -2.11. The molecular weight excluding hydrogens is 180 g/mol.